The number of amides is 1. The molecule has 38 heavy (non-hydrogen) atoms. The normalized spacial score (nSPS) is 15.4. The van der Waals surface area contributed by atoms with Gasteiger partial charge in [-0.05, 0) is 60.7 Å². The molecule has 3 aromatic rings. The third-order valence-electron chi connectivity index (χ3n) is 6.53. The summed E-state index contributed by atoms with van der Waals surface area (Å²) in [5, 5.41) is 22.2. The number of carbonyl (C=O) groups is 1. The number of nitrogens with zero attached hydrogens (tertiary/aromatic N) is 1. The maximum atomic E-state index is 13.3. The van der Waals surface area contributed by atoms with Crippen LogP contribution in [0, 0.1) is 11.8 Å². The number of rotatable bonds is 12. The quantitative estimate of drug-likeness (QED) is 0.286. The van der Waals surface area contributed by atoms with Crippen molar-refractivity contribution in [2.24, 2.45) is 11.8 Å². The van der Waals surface area contributed by atoms with Gasteiger partial charge in [-0.3, -0.25) is 9.78 Å². The molecule has 0 bridgehead atoms. The van der Waals surface area contributed by atoms with E-state index in [9.17, 15) is 31.7 Å². The summed E-state index contributed by atoms with van der Waals surface area (Å²) < 4.78 is 52.3. The molecular weight excluding hydrogens is 527 g/mol. The lowest BCUT2D eigenvalue weighted by molar-refractivity contribution is -0.124. The van der Waals surface area contributed by atoms with E-state index in [2.05, 4.69) is 10.3 Å². The van der Waals surface area contributed by atoms with Crippen molar-refractivity contribution in [3.05, 3.63) is 84.7 Å². The van der Waals surface area contributed by atoms with Crippen molar-refractivity contribution in [2.75, 3.05) is 5.75 Å². The van der Waals surface area contributed by atoms with Crippen molar-refractivity contribution < 1.29 is 31.7 Å². The Hall–Kier alpha value is -3.06. The summed E-state index contributed by atoms with van der Waals surface area (Å²) >= 11 is 0. The van der Waals surface area contributed by atoms with E-state index < -0.39 is 50.3 Å². The number of nitrogens with one attached hydrogen (secondary N) is 1. The first-order valence-corrected chi connectivity index (χ1v) is 15.4. The van der Waals surface area contributed by atoms with E-state index in [4.69, 9.17) is 0 Å². The fourth-order valence-corrected chi connectivity index (χ4v) is 6.99. The van der Waals surface area contributed by atoms with Gasteiger partial charge in [0.05, 0.1) is 32.3 Å². The highest BCUT2D eigenvalue weighted by Crippen LogP contribution is 2.34. The fraction of sp³-hybridized carbons (Fsp3) is 0.308. The minimum absolute atomic E-state index is 0.0120. The van der Waals surface area contributed by atoms with Crippen LogP contribution in [0.1, 0.15) is 24.8 Å². The largest absolute Gasteiger partial charge is 0.475 e. The van der Waals surface area contributed by atoms with Crippen molar-refractivity contribution in [1.82, 2.24) is 10.3 Å². The predicted molar refractivity (Wildman–Crippen MR) is 141 cm³/mol. The van der Waals surface area contributed by atoms with E-state index in [1.165, 1.54) is 48.8 Å². The Kier molecular flexibility index (Phi) is 8.66. The summed E-state index contributed by atoms with van der Waals surface area (Å²) in [5.41, 5.74) is 0.754. The van der Waals surface area contributed by atoms with Crippen molar-refractivity contribution >= 4 is 32.7 Å². The molecule has 3 N–H and O–H groups in total. The molecule has 0 aliphatic heterocycles. The van der Waals surface area contributed by atoms with E-state index in [1.54, 1.807) is 24.3 Å². The maximum Gasteiger partial charge on any atom is 0.475 e. The Bertz CT molecular complexity index is 1450. The van der Waals surface area contributed by atoms with Gasteiger partial charge in [-0.25, -0.2) is 16.8 Å². The van der Waals surface area contributed by atoms with Crippen LogP contribution >= 0.6 is 0 Å². The zero-order valence-corrected chi connectivity index (χ0v) is 22.2. The summed E-state index contributed by atoms with van der Waals surface area (Å²) in [7, 11) is -9.65. The summed E-state index contributed by atoms with van der Waals surface area (Å²) in [4.78, 5) is 16.8. The van der Waals surface area contributed by atoms with Crippen molar-refractivity contribution in [1.29, 1.82) is 0 Å². The van der Waals surface area contributed by atoms with Gasteiger partial charge in [0.25, 0.3) is 0 Å². The molecule has 1 aliphatic carbocycles. The number of sulfone groups is 2. The Morgan fingerprint density at radius 2 is 1.58 bits per heavy atom. The van der Waals surface area contributed by atoms with Crippen molar-refractivity contribution in [3.8, 4) is 0 Å². The first-order valence-electron chi connectivity index (χ1n) is 12.2. The topological polar surface area (TPSA) is 151 Å². The zero-order valence-electron chi connectivity index (χ0n) is 20.5. The van der Waals surface area contributed by atoms with Gasteiger partial charge in [0, 0.05) is 12.4 Å². The molecule has 1 aliphatic rings. The lowest BCUT2D eigenvalue weighted by Crippen LogP contribution is -2.50. The van der Waals surface area contributed by atoms with Crippen LogP contribution in [0.15, 0.2) is 93.8 Å². The molecule has 2 atom stereocenters. The van der Waals surface area contributed by atoms with Gasteiger partial charge in [0.15, 0.2) is 9.84 Å². The standard InChI is InChI=1S/C26H29BN2O7S2/c30-26(29-25(27(31)32)16-20-8-9-20)21(15-19-5-2-1-3-6-19)18-37(33,34)22-10-12-23(13-11-22)38(35,36)24-7-4-14-28-17-24/h1-7,10-14,17,20-21,25,31-32H,8-9,15-16,18H2,(H,29,30)/t21-,25+/m1/s1. The molecular formula is C26H29BN2O7S2. The summed E-state index contributed by atoms with van der Waals surface area (Å²) in [5.74, 6) is -2.73. The van der Waals surface area contributed by atoms with Gasteiger partial charge >= 0.3 is 7.12 Å². The lowest BCUT2D eigenvalue weighted by Gasteiger charge is -2.22. The monoisotopic (exact) mass is 556 g/mol. The third kappa shape index (κ3) is 7.07. The van der Waals surface area contributed by atoms with Crippen LogP contribution in [0.4, 0.5) is 0 Å². The first-order chi connectivity index (χ1) is 18.1. The van der Waals surface area contributed by atoms with Crippen molar-refractivity contribution in [3.63, 3.8) is 0 Å². The molecule has 12 heteroatoms. The summed E-state index contributed by atoms with van der Waals surface area (Å²) in [6.07, 6.45) is 5.09. The minimum atomic E-state index is -4.01. The summed E-state index contributed by atoms with van der Waals surface area (Å²) in [6.45, 7) is 0. The highest BCUT2D eigenvalue weighted by molar-refractivity contribution is 7.92. The third-order valence-corrected chi connectivity index (χ3v) is 10.1. The number of aromatic nitrogens is 1. The molecule has 0 radical (unpaired) electrons. The lowest BCUT2D eigenvalue weighted by atomic mass is 9.76. The van der Waals surface area contributed by atoms with Gasteiger partial charge in [-0.15, -0.1) is 0 Å². The molecule has 1 aromatic heterocycles. The molecule has 9 nitrogen and oxygen atoms in total. The van der Waals surface area contributed by atoms with Gasteiger partial charge < -0.3 is 15.4 Å². The average Bonchev–Trinajstić information content (AvgIpc) is 3.73. The second-order valence-corrected chi connectivity index (χ2v) is 13.5. The second-order valence-electron chi connectivity index (χ2n) is 9.54. The van der Waals surface area contributed by atoms with E-state index in [1.807, 2.05) is 6.07 Å². The minimum Gasteiger partial charge on any atom is -0.426 e. The van der Waals surface area contributed by atoms with Gasteiger partial charge in [0.2, 0.25) is 15.7 Å². The molecule has 0 saturated heterocycles. The Labute approximate surface area is 222 Å². The van der Waals surface area contributed by atoms with E-state index >= 15 is 0 Å². The van der Waals surface area contributed by atoms with E-state index in [0.717, 1.165) is 18.4 Å². The number of carbonyl (C=O) groups excluding carboxylic acids is 1. The van der Waals surface area contributed by atoms with Crippen LogP contribution in [-0.4, -0.2) is 56.6 Å². The molecule has 2 aromatic carbocycles. The van der Waals surface area contributed by atoms with E-state index in [-0.39, 0.29) is 21.1 Å². The predicted octanol–water partition coefficient (Wildman–Crippen LogP) is 1.84. The molecule has 1 heterocycles. The van der Waals surface area contributed by atoms with Crippen LogP contribution in [0.25, 0.3) is 0 Å². The fourth-order valence-electron chi connectivity index (χ4n) is 4.22. The molecule has 0 unspecified atom stereocenters. The summed E-state index contributed by atoms with van der Waals surface area (Å²) in [6, 6.07) is 16.7. The average molecular weight is 556 g/mol. The zero-order chi connectivity index (χ0) is 27.3. The first kappa shape index (κ1) is 28.0. The molecule has 0 spiro atoms. The Morgan fingerprint density at radius 1 is 0.921 bits per heavy atom. The van der Waals surface area contributed by atoms with Crippen LogP contribution in [0.3, 0.4) is 0 Å². The Morgan fingerprint density at radius 3 is 2.16 bits per heavy atom. The number of benzene rings is 2. The number of hydrogen-bond acceptors (Lipinski definition) is 8. The SMILES string of the molecule is O=C(N[C@@H](CC1CC1)B(O)O)[C@H](Cc1ccccc1)CS(=O)(=O)c1ccc(S(=O)(=O)c2cccnc2)cc1. The highest BCUT2D eigenvalue weighted by Gasteiger charge is 2.35. The van der Waals surface area contributed by atoms with Crippen LogP contribution in [-0.2, 0) is 30.9 Å². The van der Waals surface area contributed by atoms with Crippen LogP contribution in [0.2, 0.25) is 0 Å². The van der Waals surface area contributed by atoms with Crippen LogP contribution < -0.4 is 5.32 Å². The molecule has 4 rings (SSSR count). The highest BCUT2D eigenvalue weighted by atomic mass is 32.2. The maximum absolute atomic E-state index is 13.3. The van der Waals surface area contributed by atoms with Gasteiger partial charge in [-0.2, -0.15) is 0 Å². The molecule has 200 valence electrons. The smallest absolute Gasteiger partial charge is 0.426 e. The Balaban J connectivity index is 1.55. The van der Waals surface area contributed by atoms with Crippen molar-refractivity contribution in [2.45, 2.75) is 46.3 Å². The second kappa shape index (κ2) is 11.8. The molecule has 1 saturated carbocycles. The van der Waals surface area contributed by atoms with Crippen LogP contribution in [0.5, 0.6) is 0 Å². The van der Waals surface area contributed by atoms with E-state index in [0.29, 0.717) is 12.3 Å². The van der Waals surface area contributed by atoms with Gasteiger partial charge in [0.1, 0.15) is 0 Å². The van der Waals surface area contributed by atoms with Gasteiger partial charge in [-0.1, -0.05) is 43.2 Å². The number of hydrogen-bond donors (Lipinski definition) is 3. The molecule has 1 fully saturated rings. The molecule has 1 amide bonds. The number of pyridine rings is 1.